The molecule has 2 aromatic carbocycles. The average Bonchev–Trinajstić information content (AvgIpc) is 3.36. The fourth-order valence-electron chi connectivity index (χ4n) is 4.82. The van der Waals surface area contributed by atoms with E-state index in [4.69, 9.17) is 4.74 Å². The Labute approximate surface area is 195 Å². The zero-order valence-electron chi connectivity index (χ0n) is 18.9. The number of ether oxygens (including phenoxy) is 1. The number of fused-ring (bicyclic) bond motifs is 2. The normalized spacial score (nSPS) is 17.6. The van der Waals surface area contributed by atoms with Crippen molar-refractivity contribution in [3.63, 3.8) is 0 Å². The van der Waals surface area contributed by atoms with Crippen molar-refractivity contribution in [1.82, 2.24) is 15.2 Å². The molecule has 1 fully saturated rings. The Morgan fingerprint density at radius 3 is 2.76 bits per heavy atom. The second-order valence-electron chi connectivity index (χ2n) is 8.44. The summed E-state index contributed by atoms with van der Waals surface area (Å²) in [5, 5.41) is 6.15. The van der Waals surface area contributed by atoms with Crippen molar-refractivity contribution in [1.29, 1.82) is 0 Å². The number of rotatable bonds is 5. The maximum Gasteiger partial charge on any atom is 0.272 e. The zero-order valence-corrected chi connectivity index (χ0v) is 18.9. The van der Waals surface area contributed by atoms with Crippen LogP contribution in [0.4, 0.5) is 5.69 Å². The topological polar surface area (TPSA) is 121 Å². The molecule has 5 rings (SSSR count). The van der Waals surface area contributed by atoms with Crippen LogP contribution in [0.15, 0.2) is 36.4 Å². The van der Waals surface area contributed by atoms with Crippen LogP contribution in [0, 0.1) is 0 Å². The molecule has 2 aliphatic rings. The van der Waals surface area contributed by atoms with E-state index in [-0.39, 0.29) is 30.7 Å². The summed E-state index contributed by atoms with van der Waals surface area (Å²) in [6.07, 6.45) is 1.17. The molecule has 0 radical (unpaired) electrons. The highest BCUT2D eigenvalue weighted by Gasteiger charge is 2.39. The first-order valence-corrected chi connectivity index (χ1v) is 11.2. The maximum atomic E-state index is 13.2. The molecule has 0 bridgehead atoms. The Morgan fingerprint density at radius 2 is 2.03 bits per heavy atom. The number of H-pyrrole nitrogens is 1. The minimum atomic E-state index is -0.677. The molecule has 3 N–H and O–H groups in total. The number of nitrogens with one attached hydrogen (secondary N) is 3. The maximum absolute atomic E-state index is 13.2. The lowest BCUT2D eigenvalue weighted by Gasteiger charge is -2.29. The Morgan fingerprint density at radius 1 is 1.21 bits per heavy atom. The molecule has 0 aliphatic carbocycles. The van der Waals surface area contributed by atoms with Gasteiger partial charge >= 0.3 is 0 Å². The van der Waals surface area contributed by atoms with Gasteiger partial charge in [0.25, 0.3) is 11.8 Å². The largest absolute Gasteiger partial charge is 0.495 e. The molecule has 0 spiro atoms. The molecule has 9 nitrogen and oxygen atoms in total. The number of benzene rings is 2. The predicted molar refractivity (Wildman–Crippen MR) is 125 cm³/mol. The van der Waals surface area contributed by atoms with Crippen molar-refractivity contribution in [2.24, 2.45) is 0 Å². The third-order valence-corrected chi connectivity index (χ3v) is 6.49. The Bertz CT molecular complexity index is 1360. The summed E-state index contributed by atoms with van der Waals surface area (Å²) in [5.74, 6) is -0.653. The van der Waals surface area contributed by atoms with Crippen molar-refractivity contribution < 1.29 is 23.9 Å². The number of para-hydroxylation sites is 1. The van der Waals surface area contributed by atoms with Crippen molar-refractivity contribution in [3.8, 4) is 5.75 Å². The number of imide groups is 1. The number of hydrogen-bond donors (Lipinski definition) is 3. The molecule has 1 atom stereocenters. The standard InChI is InChI=1S/C25H24N4O5/c1-3-15-17-5-4-6-19(34-2)21(17)28-22(15)24(32)26-14-7-8-16-13(11-14)12-29(25(16)33)18-9-10-20(30)27-23(18)31/h4-8,11,18,28H,3,9-10,12H2,1-2H3,(H,26,32)(H,27,30,31). The summed E-state index contributed by atoms with van der Waals surface area (Å²) in [6.45, 7) is 2.23. The van der Waals surface area contributed by atoms with E-state index in [0.29, 0.717) is 35.5 Å². The molecule has 174 valence electrons. The van der Waals surface area contributed by atoms with Gasteiger partial charge in [0.1, 0.15) is 17.5 Å². The van der Waals surface area contributed by atoms with E-state index < -0.39 is 11.9 Å². The second-order valence-corrected chi connectivity index (χ2v) is 8.44. The van der Waals surface area contributed by atoms with E-state index >= 15 is 0 Å². The quantitative estimate of drug-likeness (QED) is 0.506. The highest BCUT2D eigenvalue weighted by Crippen LogP contribution is 2.32. The average molecular weight is 460 g/mol. The number of carbonyl (C=O) groups is 4. The molecule has 1 saturated heterocycles. The highest BCUT2D eigenvalue weighted by atomic mass is 16.5. The molecule has 1 unspecified atom stereocenters. The number of methoxy groups -OCH3 is 1. The molecule has 34 heavy (non-hydrogen) atoms. The van der Waals surface area contributed by atoms with Crippen LogP contribution in [-0.4, -0.2) is 46.7 Å². The van der Waals surface area contributed by atoms with Crippen LogP contribution in [0.1, 0.15) is 51.7 Å². The molecule has 2 aliphatic heterocycles. The van der Waals surface area contributed by atoms with Crippen LogP contribution >= 0.6 is 0 Å². The summed E-state index contributed by atoms with van der Waals surface area (Å²) in [5.41, 5.74) is 3.89. The zero-order chi connectivity index (χ0) is 24.0. The van der Waals surface area contributed by atoms with Crippen molar-refractivity contribution >= 4 is 40.2 Å². The van der Waals surface area contributed by atoms with Crippen LogP contribution in [0.2, 0.25) is 0 Å². The van der Waals surface area contributed by atoms with Gasteiger partial charge < -0.3 is 19.9 Å². The monoisotopic (exact) mass is 460 g/mol. The molecular formula is C25H24N4O5. The highest BCUT2D eigenvalue weighted by molar-refractivity contribution is 6.09. The van der Waals surface area contributed by atoms with Gasteiger partial charge in [0.05, 0.1) is 12.6 Å². The first-order valence-electron chi connectivity index (χ1n) is 11.2. The van der Waals surface area contributed by atoms with Gasteiger partial charge in [-0.3, -0.25) is 24.5 Å². The third-order valence-electron chi connectivity index (χ3n) is 6.49. The Kier molecular flexibility index (Phi) is 5.31. The number of amides is 4. The Hall–Kier alpha value is -4.14. The van der Waals surface area contributed by atoms with E-state index in [1.165, 1.54) is 4.90 Å². The number of nitrogens with zero attached hydrogens (tertiary/aromatic N) is 1. The van der Waals surface area contributed by atoms with Gasteiger partial charge in [-0.15, -0.1) is 0 Å². The molecule has 3 heterocycles. The predicted octanol–water partition coefficient (Wildman–Crippen LogP) is 2.75. The van der Waals surface area contributed by atoms with Gasteiger partial charge in [-0.2, -0.15) is 0 Å². The van der Waals surface area contributed by atoms with Gasteiger partial charge in [0, 0.05) is 29.6 Å². The van der Waals surface area contributed by atoms with Crippen LogP contribution < -0.4 is 15.4 Å². The number of aromatic nitrogens is 1. The van der Waals surface area contributed by atoms with Gasteiger partial charge in [-0.1, -0.05) is 19.1 Å². The number of anilines is 1. The van der Waals surface area contributed by atoms with Gasteiger partial charge in [-0.25, -0.2) is 0 Å². The first-order chi connectivity index (χ1) is 16.4. The van der Waals surface area contributed by atoms with Gasteiger partial charge in [-0.05, 0) is 48.2 Å². The van der Waals surface area contributed by atoms with Crippen molar-refractivity contribution in [3.05, 3.63) is 58.8 Å². The third kappa shape index (κ3) is 3.49. The molecule has 1 aromatic heterocycles. The van der Waals surface area contributed by atoms with Gasteiger partial charge in [0.2, 0.25) is 11.8 Å². The van der Waals surface area contributed by atoms with Crippen LogP contribution in [0.25, 0.3) is 10.9 Å². The SMILES string of the molecule is CCc1c(C(=O)Nc2ccc3c(c2)CN(C2CCC(=O)NC2=O)C3=O)[nH]c2c(OC)cccc12. The second kappa shape index (κ2) is 8.33. The smallest absolute Gasteiger partial charge is 0.272 e. The van der Waals surface area contributed by atoms with Crippen molar-refractivity contribution in [2.75, 3.05) is 12.4 Å². The number of aryl methyl sites for hydroxylation is 1. The van der Waals surface area contributed by atoms with E-state index in [2.05, 4.69) is 15.6 Å². The van der Waals surface area contributed by atoms with Crippen LogP contribution in [0.3, 0.4) is 0 Å². The van der Waals surface area contributed by atoms with E-state index in [1.807, 2.05) is 25.1 Å². The minimum absolute atomic E-state index is 0.201. The fourth-order valence-corrected chi connectivity index (χ4v) is 4.82. The molecule has 9 heteroatoms. The molecule has 4 amide bonds. The number of hydrogen-bond acceptors (Lipinski definition) is 5. The van der Waals surface area contributed by atoms with Gasteiger partial charge in [0.15, 0.2) is 0 Å². The summed E-state index contributed by atoms with van der Waals surface area (Å²) in [4.78, 5) is 54.4. The number of aromatic amines is 1. The van der Waals surface area contributed by atoms with Crippen molar-refractivity contribution in [2.45, 2.75) is 38.8 Å². The lowest BCUT2D eigenvalue weighted by atomic mass is 10.0. The molecule has 3 aromatic rings. The first kappa shape index (κ1) is 21.7. The number of carbonyl (C=O) groups excluding carboxylic acids is 4. The van der Waals surface area contributed by atoms with Crippen LogP contribution in [-0.2, 0) is 22.6 Å². The van der Waals surface area contributed by atoms with E-state index in [1.54, 1.807) is 25.3 Å². The molecular weight excluding hydrogens is 436 g/mol. The number of piperidine rings is 1. The molecule has 0 saturated carbocycles. The summed E-state index contributed by atoms with van der Waals surface area (Å²) >= 11 is 0. The fraction of sp³-hybridized carbons (Fsp3) is 0.280. The van der Waals surface area contributed by atoms with Crippen LogP contribution in [0.5, 0.6) is 5.75 Å². The summed E-state index contributed by atoms with van der Waals surface area (Å²) < 4.78 is 5.43. The van der Waals surface area contributed by atoms with E-state index in [0.717, 1.165) is 22.0 Å². The lowest BCUT2D eigenvalue weighted by molar-refractivity contribution is -0.136. The summed E-state index contributed by atoms with van der Waals surface area (Å²) in [6, 6.07) is 10.1. The minimum Gasteiger partial charge on any atom is -0.495 e. The summed E-state index contributed by atoms with van der Waals surface area (Å²) in [7, 11) is 1.59. The lowest BCUT2D eigenvalue weighted by Crippen LogP contribution is -2.52. The Balaban J connectivity index is 1.39. The van der Waals surface area contributed by atoms with E-state index in [9.17, 15) is 19.2 Å².